The molecular formula is C19H25N5O. The molecule has 0 saturated carbocycles. The molecule has 3 heterocycles. The Hall–Kier alpha value is -2.63. The average Bonchev–Trinajstić information content (AvgIpc) is 3.30. The second kappa shape index (κ2) is 7.96. The summed E-state index contributed by atoms with van der Waals surface area (Å²) in [4.78, 5) is 23.1. The third kappa shape index (κ3) is 4.26. The molecule has 132 valence electrons. The highest BCUT2D eigenvalue weighted by Crippen LogP contribution is 2.14. The van der Waals surface area contributed by atoms with Crippen molar-refractivity contribution in [1.29, 1.82) is 0 Å². The number of nitrogens with one attached hydrogen (secondary N) is 1. The lowest BCUT2D eigenvalue weighted by atomic mass is 10.2. The van der Waals surface area contributed by atoms with Crippen LogP contribution in [0.4, 0.5) is 5.82 Å². The van der Waals surface area contributed by atoms with E-state index in [2.05, 4.69) is 50.8 Å². The zero-order valence-corrected chi connectivity index (χ0v) is 14.9. The Balaban J connectivity index is 1.45. The van der Waals surface area contributed by atoms with Gasteiger partial charge in [0.1, 0.15) is 11.6 Å². The summed E-state index contributed by atoms with van der Waals surface area (Å²) >= 11 is 0. The second-order valence-electron chi connectivity index (χ2n) is 6.52. The summed E-state index contributed by atoms with van der Waals surface area (Å²) in [5.41, 5.74) is 0.599. The number of rotatable bonds is 7. The van der Waals surface area contributed by atoms with Gasteiger partial charge in [-0.2, -0.15) is 0 Å². The molecule has 0 saturated heterocycles. The summed E-state index contributed by atoms with van der Waals surface area (Å²) in [6.07, 6.45) is 10.6. The Kier molecular flexibility index (Phi) is 5.48. The summed E-state index contributed by atoms with van der Waals surface area (Å²) in [6, 6.07) is 3.74. The third-order valence-corrected chi connectivity index (χ3v) is 4.28. The van der Waals surface area contributed by atoms with Gasteiger partial charge >= 0.3 is 0 Å². The van der Waals surface area contributed by atoms with Gasteiger partial charge in [-0.3, -0.25) is 4.79 Å². The number of amides is 1. The maximum atomic E-state index is 12.2. The van der Waals surface area contributed by atoms with Crippen molar-refractivity contribution >= 4 is 11.7 Å². The Morgan fingerprint density at radius 3 is 2.72 bits per heavy atom. The van der Waals surface area contributed by atoms with E-state index in [0.717, 1.165) is 37.7 Å². The van der Waals surface area contributed by atoms with E-state index in [4.69, 9.17) is 0 Å². The molecule has 0 atom stereocenters. The van der Waals surface area contributed by atoms with Crippen LogP contribution in [0.25, 0.3) is 0 Å². The third-order valence-electron chi connectivity index (χ3n) is 4.28. The Bertz CT molecular complexity index is 725. The second-order valence-corrected chi connectivity index (χ2v) is 6.52. The molecule has 1 aliphatic heterocycles. The predicted octanol–water partition coefficient (Wildman–Crippen LogP) is 2.60. The van der Waals surface area contributed by atoms with Gasteiger partial charge in [-0.15, -0.1) is 0 Å². The molecule has 0 aliphatic carbocycles. The molecule has 0 aromatic carbocycles. The van der Waals surface area contributed by atoms with Gasteiger partial charge in [-0.1, -0.05) is 26.0 Å². The van der Waals surface area contributed by atoms with E-state index in [1.807, 2.05) is 24.5 Å². The monoisotopic (exact) mass is 339 g/mol. The van der Waals surface area contributed by atoms with E-state index in [1.54, 1.807) is 6.20 Å². The molecule has 0 spiro atoms. The van der Waals surface area contributed by atoms with Crippen LogP contribution in [0, 0.1) is 0 Å². The van der Waals surface area contributed by atoms with Gasteiger partial charge in [0.25, 0.3) is 5.91 Å². The van der Waals surface area contributed by atoms with Crippen molar-refractivity contribution in [2.75, 3.05) is 24.5 Å². The lowest BCUT2D eigenvalue weighted by Crippen LogP contribution is -2.26. The molecule has 0 unspecified atom stereocenters. The van der Waals surface area contributed by atoms with Crippen LogP contribution in [0.15, 0.2) is 42.9 Å². The van der Waals surface area contributed by atoms with E-state index in [9.17, 15) is 4.79 Å². The van der Waals surface area contributed by atoms with Crippen LogP contribution in [0.3, 0.4) is 0 Å². The number of imidazole rings is 1. The Morgan fingerprint density at radius 2 is 2.04 bits per heavy atom. The average molecular weight is 339 g/mol. The molecule has 1 aliphatic rings. The predicted molar refractivity (Wildman–Crippen MR) is 98.9 cm³/mol. The first-order valence-electron chi connectivity index (χ1n) is 8.80. The first-order chi connectivity index (χ1) is 12.1. The highest BCUT2D eigenvalue weighted by atomic mass is 16.1. The van der Waals surface area contributed by atoms with E-state index >= 15 is 0 Å². The molecule has 1 N–H and O–H groups in total. The minimum Gasteiger partial charge on any atom is -0.352 e. The highest BCUT2D eigenvalue weighted by Gasteiger charge is 2.11. The molecule has 2 aromatic rings. The number of hydrogen-bond donors (Lipinski definition) is 1. The maximum Gasteiger partial charge on any atom is 0.252 e. The maximum absolute atomic E-state index is 12.2. The van der Waals surface area contributed by atoms with Crippen LogP contribution in [0.2, 0.25) is 0 Å². The summed E-state index contributed by atoms with van der Waals surface area (Å²) < 4.78 is 2.15. The zero-order valence-electron chi connectivity index (χ0n) is 14.9. The van der Waals surface area contributed by atoms with Crippen molar-refractivity contribution in [3.05, 3.63) is 54.3 Å². The molecule has 3 rings (SSSR count). The Morgan fingerprint density at radius 1 is 1.24 bits per heavy atom. The molecule has 2 aromatic heterocycles. The number of aryl methyl sites for hydroxylation is 1. The number of carbonyl (C=O) groups is 1. The Labute approximate surface area is 148 Å². The van der Waals surface area contributed by atoms with Gasteiger partial charge in [-0.05, 0) is 18.6 Å². The number of nitrogens with zero attached hydrogens (tertiary/aromatic N) is 4. The minimum atomic E-state index is -0.0756. The van der Waals surface area contributed by atoms with E-state index in [-0.39, 0.29) is 5.91 Å². The standard InChI is InChI=1S/C19H25N5O/c1-15(2)18-20-9-13-24(18)12-5-8-21-19(25)16-6-7-17(22-14-16)23-10-3-4-11-23/h3-4,6-7,9,13-15H,5,8,10-12H2,1-2H3,(H,21,25). The van der Waals surface area contributed by atoms with Crippen molar-refractivity contribution in [2.45, 2.75) is 32.7 Å². The topological polar surface area (TPSA) is 63.1 Å². The van der Waals surface area contributed by atoms with Crippen LogP contribution in [-0.2, 0) is 6.54 Å². The first-order valence-corrected chi connectivity index (χ1v) is 8.80. The smallest absolute Gasteiger partial charge is 0.252 e. The molecule has 1 amide bonds. The molecule has 0 radical (unpaired) electrons. The van der Waals surface area contributed by atoms with E-state index in [1.165, 1.54) is 0 Å². The fraction of sp³-hybridized carbons (Fsp3) is 0.421. The van der Waals surface area contributed by atoms with Crippen molar-refractivity contribution in [2.24, 2.45) is 0 Å². The van der Waals surface area contributed by atoms with Gasteiger partial charge in [0.2, 0.25) is 0 Å². The molecular weight excluding hydrogens is 314 g/mol. The number of aromatic nitrogens is 3. The lowest BCUT2D eigenvalue weighted by Gasteiger charge is -2.16. The number of carbonyl (C=O) groups excluding carboxylic acids is 1. The highest BCUT2D eigenvalue weighted by molar-refractivity contribution is 5.94. The zero-order chi connectivity index (χ0) is 17.6. The summed E-state index contributed by atoms with van der Waals surface area (Å²) in [5.74, 6) is 2.32. The quantitative estimate of drug-likeness (QED) is 0.622. The van der Waals surface area contributed by atoms with E-state index in [0.29, 0.717) is 18.0 Å². The normalized spacial score (nSPS) is 13.6. The van der Waals surface area contributed by atoms with Crippen LogP contribution in [0.1, 0.15) is 42.4 Å². The van der Waals surface area contributed by atoms with Gasteiger partial charge in [-0.25, -0.2) is 9.97 Å². The molecule has 6 heteroatoms. The van der Waals surface area contributed by atoms with Crippen LogP contribution in [0.5, 0.6) is 0 Å². The molecule has 6 nitrogen and oxygen atoms in total. The number of anilines is 1. The summed E-state index contributed by atoms with van der Waals surface area (Å²) in [6.45, 7) is 7.51. The number of hydrogen-bond acceptors (Lipinski definition) is 4. The fourth-order valence-corrected chi connectivity index (χ4v) is 2.94. The van der Waals surface area contributed by atoms with E-state index < -0.39 is 0 Å². The van der Waals surface area contributed by atoms with Crippen molar-refractivity contribution in [3.8, 4) is 0 Å². The van der Waals surface area contributed by atoms with Crippen molar-refractivity contribution in [1.82, 2.24) is 19.9 Å². The molecule has 25 heavy (non-hydrogen) atoms. The van der Waals surface area contributed by atoms with Gasteiger partial charge in [0, 0.05) is 50.7 Å². The molecule has 0 bridgehead atoms. The van der Waals surface area contributed by atoms with Gasteiger partial charge < -0.3 is 14.8 Å². The van der Waals surface area contributed by atoms with Crippen LogP contribution in [-0.4, -0.2) is 40.1 Å². The largest absolute Gasteiger partial charge is 0.352 e. The molecule has 0 fully saturated rings. The van der Waals surface area contributed by atoms with Crippen molar-refractivity contribution in [3.63, 3.8) is 0 Å². The van der Waals surface area contributed by atoms with Crippen molar-refractivity contribution < 1.29 is 4.79 Å². The van der Waals surface area contributed by atoms with Gasteiger partial charge in [0.15, 0.2) is 0 Å². The fourth-order valence-electron chi connectivity index (χ4n) is 2.94. The van der Waals surface area contributed by atoms with Crippen LogP contribution < -0.4 is 10.2 Å². The summed E-state index contributed by atoms with van der Waals surface area (Å²) in [5, 5.41) is 2.96. The number of pyridine rings is 1. The summed E-state index contributed by atoms with van der Waals surface area (Å²) in [7, 11) is 0. The minimum absolute atomic E-state index is 0.0756. The lowest BCUT2D eigenvalue weighted by molar-refractivity contribution is 0.0952. The van der Waals surface area contributed by atoms with Crippen LogP contribution >= 0.6 is 0 Å². The van der Waals surface area contributed by atoms with Gasteiger partial charge in [0.05, 0.1) is 5.56 Å². The first kappa shape index (κ1) is 17.2. The SMILES string of the molecule is CC(C)c1nccn1CCCNC(=O)c1ccc(N2CC=CC2)nc1.